The summed E-state index contributed by atoms with van der Waals surface area (Å²) in [4.78, 5) is 32.2. The third-order valence-electron chi connectivity index (χ3n) is 5.03. The zero-order valence-electron chi connectivity index (χ0n) is 17.5. The lowest BCUT2D eigenvalue weighted by Crippen LogP contribution is -2.32. The number of carbonyl (C=O) groups is 2. The van der Waals surface area contributed by atoms with E-state index in [4.69, 9.17) is 21.1 Å². The fourth-order valence-corrected chi connectivity index (χ4v) is 3.70. The molecule has 0 aliphatic carbocycles. The van der Waals surface area contributed by atoms with Crippen LogP contribution in [0.4, 0.5) is 5.69 Å². The van der Waals surface area contributed by atoms with Crippen LogP contribution in [-0.4, -0.2) is 35.9 Å². The number of amides is 2. The maximum absolute atomic E-state index is 13.5. The minimum Gasteiger partial charge on any atom is -0.496 e. The number of imide groups is 1. The van der Waals surface area contributed by atoms with Crippen molar-refractivity contribution >= 4 is 34.7 Å². The molecule has 0 spiro atoms. The number of hydrogen-bond donors (Lipinski definition) is 1. The van der Waals surface area contributed by atoms with E-state index in [2.05, 4.69) is 10.3 Å². The smallest absolute Gasteiger partial charge is 0.278 e. The second-order valence-corrected chi connectivity index (χ2v) is 7.41. The second-order valence-electron chi connectivity index (χ2n) is 6.98. The Kier molecular flexibility index (Phi) is 6.09. The molecular formula is C24H20ClN3O4. The molecule has 2 amide bonds. The fourth-order valence-electron chi connectivity index (χ4n) is 3.52. The number of nitrogens with zero attached hydrogens (tertiary/aromatic N) is 2. The van der Waals surface area contributed by atoms with Gasteiger partial charge in [0.25, 0.3) is 11.8 Å². The molecule has 0 saturated carbocycles. The molecule has 8 heteroatoms. The molecule has 1 aromatic heterocycles. The molecule has 4 rings (SSSR count). The van der Waals surface area contributed by atoms with Crippen LogP contribution in [-0.2, 0) is 16.1 Å². The zero-order chi connectivity index (χ0) is 22.7. The highest BCUT2D eigenvalue weighted by Gasteiger charge is 2.40. The van der Waals surface area contributed by atoms with Crippen LogP contribution in [0.1, 0.15) is 11.1 Å². The van der Waals surface area contributed by atoms with Gasteiger partial charge in [0.05, 0.1) is 32.0 Å². The standard InChI is InChI=1S/C24H20ClN3O4/c1-31-19-8-4-3-7-17(19)21-22(27-18-12-16(25)9-10-20(18)32-2)24(30)28(23(21)29)14-15-6-5-11-26-13-15/h3-13,27H,14H2,1-2H3. The van der Waals surface area contributed by atoms with E-state index in [0.717, 1.165) is 5.56 Å². The van der Waals surface area contributed by atoms with Gasteiger partial charge in [-0.3, -0.25) is 19.5 Å². The topological polar surface area (TPSA) is 80.8 Å². The molecule has 32 heavy (non-hydrogen) atoms. The highest BCUT2D eigenvalue weighted by molar-refractivity contribution is 6.37. The number of nitrogens with one attached hydrogen (secondary N) is 1. The van der Waals surface area contributed by atoms with Gasteiger partial charge in [0.2, 0.25) is 0 Å². The minimum absolute atomic E-state index is 0.0853. The molecule has 7 nitrogen and oxygen atoms in total. The van der Waals surface area contributed by atoms with Gasteiger partial charge >= 0.3 is 0 Å². The van der Waals surface area contributed by atoms with Crippen molar-refractivity contribution in [1.29, 1.82) is 0 Å². The average molecular weight is 450 g/mol. The van der Waals surface area contributed by atoms with Crippen LogP contribution in [0, 0.1) is 0 Å². The lowest BCUT2D eigenvalue weighted by atomic mass is 10.0. The average Bonchev–Trinajstić information content (AvgIpc) is 3.04. The van der Waals surface area contributed by atoms with Crippen LogP contribution in [0.5, 0.6) is 11.5 Å². The molecular weight excluding hydrogens is 430 g/mol. The molecule has 2 aromatic carbocycles. The Balaban J connectivity index is 1.82. The molecule has 0 saturated heterocycles. The molecule has 0 unspecified atom stereocenters. The Morgan fingerprint density at radius 3 is 2.47 bits per heavy atom. The van der Waals surface area contributed by atoms with Crippen LogP contribution in [0.3, 0.4) is 0 Å². The van der Waals surface area contributed by atoms with Crippen LogP contribution >= 0.6 is 11.6 Å². The first-order valence-electron chi connectivity index (χ1n) is 9.76. The summed E-state index contributed by atoms with van der Waals surface area (Å²) in [5, 5.41) is 3.54. The van der Waals surface area contributed by atoms with Gasteiger partial charge in [-0.15, -0.1) is 0 Å². The largest absolute Gasteiger partial charge is 0.496 e. The lowest BCUT2D eigenvalue weighted by Gasteiger charge is -2.16. The number of halogens is 1. The third-order valence-corrected chi connectivity index (χ3v) is 5.26. The van der Waals surface area contributed by atoms with Gasteiger partial charge in [0.1, 0.15) is 17.2 Å². The lowest BCUT2D eigenvalue weighted by molar-refractivity contribution is -0.137. The molecule has 1 aliphatic rings. The molecule has 0 fully saturated rings. The Hall–Kier alpha value is -3.84. The summed E-state index contributed by atoms with van der Waals surface area (Å²) >= 11 is 6.16. The van der Waals surface area contributed by atoms with Crippen LogP contribution in [0.2, 0.25) is 5.02 Å². The van der Waals surface area contributed by atoms with Gasteiger partial charge in [-0.25, -0.2) is 0 Å². The first-order valence-corrected chi connectivity index (χ1v) is 10.1. The predicted octanol–water partition coefficient (Wildman–Crippen LogP) is 4.14. The van der Waals surface area contributed by atoms with Crippen molar-refractivity contribution < 1.29 is 19.1 Å². The molecule has 162 valence electrons. The van der Waals surface area contributed by atoms with E-state index in [1.807, 2.05) is 6.07 Å². The molecule has 0 atom stereocenters. The molecule has 0 radical (unpaired) electrons. The van der Waals surface area contributed by atoms with Gasteiger partial charge in [0, 0.05) is 23.0 Å². The first kappa shape index (κ1) is 21.4. The van der Waals surface area contributed by atoms with E-state index < -0.39 is 11.8 Å². The van der Waals surface area contributed by atoms with Crippen LogP contribution in [0.25, 0.3) is 5.57 Å². The highest BCUT2D eigenvalue weighted by atomic mass is 35.5. The number of anilines is 1. The van der Waals surface area contributed by atoms with Crippen molar-refractivity contribution in [3.8, 4) is 11.5 Å². The summed E-state index contributed by atoms with van der Waals surface area (Å²) in [6.07, 6.45) is 3.25. The maximum atomic E-state index is 13.5. The number of benzene rings is 2. The molecule has 0 bridgehead atoms. The van der Waals surface area contributed by atoms with Gasteiger partial charge in [0.15, 0.2) is 0 Å². The zero-order valence-corrected chi connectivity index (χ0v) is 18.2. The molecule has 1 aliphatic heterocycles. The Bertz CT molecular complexity index is 1210. The number of ether oxygens (including phenoxy) is 2. The number of para-hydroxylation sites is 1. The quantitative estimate of drug-likeness (QED) is 0.546. The number of methoxy groups -OCH3 is 2. The Morgan fingerprint density at radius 1 is 0.969 bits per heavy atom. The van der Waals surface area contributed by atoms with Crippen molar-refractivity contribution in [2.75, 3.05) is 19.5 Å². The summed E-state index contributed by atoms with van der Waals surface area (Å²) in [6.45, 7) is 0.0853. The van der Waals surface area contributed by atoms with E-state index in [-0.39, 0.29) is 17.8 Å². The summed E-state index contributed by atoms with van der Waals surface area (Å²) in [6, 6.07) is 15.6. The number of hydrogen-bond acceptors (Lipinski definition) is 6. The Morgan fingerprint density at radius 2 is 1.75 bits per heavy atom. The number of rotatable bonds is 7. The van der Waals surface area contributed by atoms with Gasteiger partial charge < -0.3 is 14.8 Å². The number of aromatic nitrogens is 1. The minimum atomic E-state index is -0.471. The molecule has 3 aromatic rings. The summed E-state index contributed by atoms with van der Waals surface area (Å²) in [5.41, 5.74) is 2.02. The van der Waals surface area contributed by atoms with Gasteiger partial charge in [-0.1, -0.05) is 35.9 Å². The van der Waals surface area contributed by atoms with Crippen molar-refractivity contribution in [2.24, 2.45) is 0 Å². The van der Waals surface area contributed by atoms with Crippen molar-refractivity contribution in [3.05, 3.63) is 88.8 Å². The van der Waals surface area contributed by atoms with E-state index in [1.165, 1.54) is 19.1 Å². The predicted molar refractivity (Wildman–Crippen MR) is 121 cm³/mol. The second kappa shape index (κ2) is 9.11. The van der Waals surface area contributed by atoms with E-state index >= 15 is 0 Å². The first-order chi connectivity index (χ1) is 15.5. The SMILES string of the molecule is COc1ccc(Cl)cc1NC1=C(c2ccccc2OC)C(=O)N(Cc2cccnc2)C1=O. The highest BCUT2D eigenvalue weighted by Crippen LogP contribution is 2.37. The van der Waals surface area contributed by atoms with Gasteiger partial charge in [-0.05, 0) is 35.9 Å². The van der Waals surface area contributed by atoms with Crippen molar-refractivity contribution in [2.45, 2.75) is 6.54 Å². The monoisotopic (exact) mass is 449 g/mol. The van der Waals surface area contributed by atoms with Crippen molar-refractivity contribution in [1.82, 2.24) is 9.88 Å². The normalized spacial score (nSPS) is 13.5. The maximum Gasteiger partial charge on any atom is 0.278 e. The summed E-state index contributed by atoms with van der Waals surface area (Å²) in [5.74, 6) is 0.0464. The number of carbonyl (C=O) groups excluding carboxylic acids is 2. The fraction of sp³-hybridized carbons (Fsp3) is 0.125. The summed E-state index contributed by atoms with van der Waals surface area (Å²) in [7, 11) is 3.03. The molecule has 2 heterocycles. The third kappa shape index (κ3) is 4.02. The van der Waals surface area contributed by atoms with E-state index in [1.54, 1.807) is 60.9 Å². The molecule has 1 N–H and O–H groups in total. The summed E-state index contributed by atoms with van der Waals surface area (Å²) < 4.78 is 10.9. The van der Waals surface area contributed by atoms with E-state index in [9.17, 15) is 9.59 Å². The van der Waals surface area contributed by atoms with Gasteiger partial charge in [-0.2, -0.15) is 0 Å². The van der Waals surface area contributed by atoms with Crippen LogP contribution < -0.4 is 14.8 Å². The van der Waals surface area contributed by atoms with E-state index in [0.29, 0.717) is 27.8 Å². The van der Waals surface area contributed by atoms with Crippen LogP contribution in [0.15, 0.2) is 72.7 Å². The van der Waals surface area contributed by atoms with Crippen molar-refractivity contribution in [3.63, 3.8) is 0 Å². The Labute approximate surface area is 190 Å². The number of pyridine rings is 1.